The number of benzene rings is 1. The van der Waals surface area contributed by atoms with Crippen molar-refractivity contribution in [2.45, 2.75) is 6.92 Å². The lowest BCUT2D eigenvalue weighted by Gasteiger charge is -2.01. The Labute approximate surface area is 134 Å². The monoisotopic (exact) mass is 332 g/mol. The van der Waals surface area contributed by atoms with Gasteiger partial charge in [-0.1, -0.05) is 18.2 Å². The second-order valence-corrected chi connectivity index (χ2v) is 3.86. The molecule has 0 aliphatic rings. The van der Waals surface area contributed by atoms with Crippen molar-refractivity contribution in [2.75, 3.05) is 39.6 Å². The summed E-state index contributed by atoms with van der Waals surface area (Å²) in [5.41, 5.74) is 0.331. The molecule has 23 heavy (non-hydrogen) atoms. The van der Waals surface area contributed by atoms with Crippen molar-refractivity contribution in [1.29, 1.82) is 0 Å². The van der Waals surface area contributed by atoms with E-state index in [-0.39, 0.29) is 13.2 Å². The molecule has 1 rings (SSSR count). The fraction of sp³-hybridized carbons (Fsp3) is 0.467. The van der Waals surface area contributed by atoms with Gasteiger partial charge in [0.1, 0.15) is 0 Å². The highest BCUT2D eigenvalue weighted by atomic mass is 16.5. The number of ether oxygens (including phenoxy) is 2. The van der Waals surface area contributed by atoms with Crippen molar-refractivity contribution in [1.82, 2.24) is 0 Å². The first kappa shape index (κ1) is 23.3. The fourth-order valence-corrected chi connectivity index (χ4v) is 1.03. The first-order valence-electron chi connectivity index (χ1n) is 6.80. The molecule has 0 spiro atoms. The number of carboxylic acids is 2. The van der Waals surface area contributed by atoms with E-state index in [4.69, 9.17) is 34.7 Å². The lowest BCUT2D eigenvalue weighted by molar-refractivity contribution is -0.134. The number of aromatic carboxylic acids is 1. The molecular formula is C15H24O8. The average Bonchev–Trinajstić information content (AvgIpc) is 2.52. The summed E-state index contributed by atoms with van der Waals surface area (Å²) in [6.07, 6.45) is 0. The van der Waals surface area contributed by atoms with E-state index in [2.05, 4.69) is 0 Å². The molecule has 0 fully saturated rings. The van der Waals surface area contributed by atoms with Crippen LogP contribution in [-0.4, -0.2) is 72.0 Å². The molecule has 0 unspecified atom stereocenters. The summed E-state index contributed by atoms with van der Waals surface area (Å²) in [5.74, 6) is -1.71. The third-order valence-electron chi connectivity index (χ3n) is 1.86. The summed E-state index contributed by atoms with van der Waals surface area (Å²) in [5, 5.41) is 32.3. The van der Waals surface area contributed by atoms with Gasteiger partial charge < -0.3 is 29.9 Å². The third-order valence-corrected chi connectivity index (χ3v) is 1.86. The largest absolute Gasteiger partial charge is 0.481 e. The van der Waals surface area contributed by atoms with Gasteiger partial charge in [0.2, 0.25) is 0 Å². The van der Waals surface area contributed by atoms with E-state index in [9.17, 15) is 4.79 Å². The van der Waals surface area contributed by atoms with E-state index in [1.54, 1.807) is 30.3 Å². The van der Waals surface area contributed by atoms with Crippen LogP contribution >= 0.6 is 0 Å². The highest BCUT2D eigenvalue weighted by Crippen LogP contribution is 1.96. The highest BCUT2D eigenvalue weighted by Gasteiger charge is 1.96. The number of rotatable bonds is 8. The van der Waals surface area contributed by atoms with Crippen LogP contribution in [0.1, 0.15) is 17.3 Å². The van der Waals surface area contributed by atoms with Crippen LogP contribution < -0.4 is 0 Å². The molecule has 0 atom stereocenters. The van der Waals surface area contributed by atoms with Crippen LogP contribution in [0.4, 0.5) is 0 Å². The summed E-state index contributed by atoms with van der Waals surface area (Å²) >= 11 is 0. The van der Waals surface area contributed by atoms with Crippen molar-refractivity contribution < 1.29 is 39.5 Å². The molecule has 0 bridgehead atoms. The Morgan fingerprint density at radius 2 is 1.26 bits per heavy atom. The normalized spacial score (nSPS) is 9.00. The van der Waals surface area contributed by atoms with Gasteiger partial charge in [0.25, 0.3) is 5.97 Å². The molecular weight excluding hydrogens is 308 g/mol. The van der Waals surface area contributed by atoms with Gasteiger partial charge in [-0.15, -0.1) is 0 Å². The van der Waals surface area contributed by atoms with Gasteiger partial charge in [-0.2, -0.15) is 0 Å². The Kier molecular flexibility index (Phi) is 18.3. The predicted molar refractivity (Wildman–Crippen MR) is 82.5 cm³/mol. The molecule has 0 amide bonds. The molecule has 8 heteroatoms. The van der Waals surface area contributed by atoms with Gasteiger partial charge in [0, 0.05) is 6.92 Å². The number of carbonyl (C=O) groups is 2. The zero-order chi connectivity index (χ0) is 17.9. The Bertz CT molecular complexity index is 382. The van der Waals surface area contributed by atoms with Crippen LogP contribution in [0.2, 0.25) is 0 Å². The molecule has 1 aromatic carbocycles. The number of aliphatic hydroxyl groups excluding tert-OH is 2. The Hall–Kier alpha value is -2.00. The lowest BCUT2D eigenvalue weighted by Crippen LogP contribution is -2.09. The quantitative estimate of drug-likeness (QED) is 0.505. The summed E-state index contributed by atoms with van der Waals surface area (Å²) in [6, 6.07) is 8.30. The predicted octanol–water partition coefficient (Wildman–Crippen LogP) is 0.480. The average molecular weight is 332 g/mol. The first-order chi connectivity index (χ1) is 11.0. The topological polar surface area (TPSA) is 134 Å². The maximum atomic E-state index is 10.2. The Morgan fingerprint density at radius 1 is 0.870 bits per heavy atom. The third kappa shape index (κ3) is 22.4. The minimum absolute atomic E-state index is 0.0417. The van der Waals surface area contributed by atoms with E-state index in [0.717, 1.165) is 6.92 Å². The zero-order valence-corrected chi connectivity index (χ0v) is 13.1. The van der Waals surface area contributed by atoms with Crippen LogP contribution in [0.15, 0.2) is 30.3 Å². The van der Waals surface area contributed by atoms with Gasteiger partial charge in [-0.25, -0.2) is 4.79 Å². The Balaban J connectivity index is 0. The Morgan fingerprint density at radius 3 is 1.52 bits per heavy atom. The summed E-state index contributed by atoms with van der Waals surface area (Å²) in [4.78, 5) is 19.2. The number of aliphatic carboxylic acids is 1. The van der Waals surface area contributed by atoms with Gasteiger partial charge in [-0.05, 0) is 12.1 Å². The number of hydrogen-bond donors (Lipinski definition) is 4. The molecule has 0 saturated carbocycles. The van der Waals surface area contributed by atoms with Crippen molar-refractivity contribution in [3.8, 4) is 0 Å². The second-order valence-electron chi connectivity index (χ2n) is 3.86. The van der Waals surface area contributed by atoms with Crippen LogP contribution in [0, 0.1) is 0 Å². The summed E-state index contributed by atoms with van der Waals surface area (Å²) in [6.45, 7) is 2.81. The molecule has 4 N–H and O–H groups in total. The minimum Gasteiger partial charge on any atom is -0.481 e. The molecule has 0 aliphatic heterocycles. The van der Waals surface area contributed by atoms with Crippen molar-refractivity contribution in [2.24, 2.45) is 0 Å². The molecule has 132 valence electrons. The van der Waals surface area contributed by atoms with Gasteiger partial charge in [0.15, 0.2) is 0 Å². The summed E-state index contributed by atoms with van der Waals surface area (Å²) < 4.78 is 9.75. The maximum Gasteiger partial charge on any atom is 0.335 e. The van der Waals surface area contributed by atoms with E-state index in [1.807, 2.05) is 0 Å². The number of carboxylic acid groups (broad SMARTS) is 2. The van der Waals surface area contributed by atoms with Gasteiger partial charge in [-0.3, -0.25) is 4.79 Å². The van der Waals surface area contributed by atoms with Gasteiger partial charge in [0.05, 0.1) is 45.2 Å². The number of hydrogen-bond acceptors (Lipinski definition) is 6. The molecule has 0 radical (unpaired) electrons. The van der Waals surface area contributed by atoms with Crippen molar-refractivity contribution >= 4 is 11.9 Å². The van der Waals surface area contributed by atoms with E-state index < -0.39 is 11.9 Å². The highest BCUT2D eigenvalue weighted by molar-refractivity contribution is 5.87. The second kappa shape index (κ2) is 18.1. The summed E-state index contributed by atoms with van der Waals surface area (Å²) in [7, 11) is 0. The van der Waals surface area contributed by atoms with Gasteiger partial charge >= 0.3 is 5.97 Å². The molecule has 0 aliphatic carbocycles. The van der Waals surface area contributed by atoms with Crippen molar-refractivity contribution in [3.63, 3.8) is 0 Å². The lowest BCUT2D eigenvalue weighted by atomic mass is 10.2. The number of aliphatic hydroxyl groups is 2. The minimum atomic E-state index is -0.879. The van der Waals surface area contributed by atoms with Crippen molar-refractivity contribution in [3.05, 3.63) is 35.9 Å². The van der Waals surface area contributed by atoms with Crippen LogP contribution in [-0.2, 0) is 14.3 Å². The molecule has 8 nitrogen and oxygen atoms in total. The first-order valence-corrected chi connectivity index (χ1v) is 6.80. The van der Waals surface area contributed by atoms with Crippen LogP contribution in [0.25, 0.3) is 0 Å². The molecule has 0 saturated heterocycles. The SMILES string of the molecule is CC(=O)O.O=C(O)c1ccccc1.OCCOCCOCCO. The smallest absolute Gasteiger partial charge is 0.335 e. The molecule has 0 heterocycles. The van der Waals surface area contributed by atoms with Crippen LogP contribution in [0.3, 0.4) is 0 Å². The van der Waals surface area contributed by atoms with E-state index >= 15 is 0 Å². The standard InChI is InChI=1S/C7H6O2.C6H14O4.C2H4O2/c8-7(9)6-4-2-1-3-5-6;7-1-3-9-5-6-10-4-2-8;1-2(3)4/h1-5H,(H,8,9);7-8H,1-6H2;1H3,(H,3,4). The van der Waals surface area contributed by atoms with Crippen LogP contribution in [0.5, 0.6) is 0 Å². The molecule has 1 aromatic rings. The molecule has 0 aromatic heterocycles. The zero-order valence-electron chi connectivity index (χ0n) is 13.1. The fourth-order valence-electron chi connectivity index (χ4n) is 1.03. The maximum absolute atomic E-state index is 10.2. The van der Waals surface area contributed by atoms with E-state index in [1.165, 1.54) is 0 Å². The van der Waals surface area contributed by atoms with E-state index in [0.29, 0.717) is 32.0 Å².